The number of nitrogens with one attached hydrogen (secondary N) is 2. The minimum Gasteiger partial charge on any atom is -1.00 e. The lowest BCUT2D eigenvalue weighted by Gasteiger charge is -2.34. The molecule has 1 aliphatic rings. The molecule has 3 nitrogen and oxygen atoms in total. The van der Waals surface area contributed by atoms with Gasteiger partial charge >= 0.3 is 0 Å². The van der Waals surface area contributed by atoms with Crippen LogP contribution in [0.4, 0.5) is 4.39 Å². The van der Waals surface area contributed by atoms with Crippen LogP contribution in [-0.4, -0.2) is 18.0 Å². The average Bonchev–Trinajstić information content (AvgIpc) is 2.34. The van der Waals surface area contributed by atoms with Crippen LogP contribution < -0.4 is 22.8 Å². The predicted molar refractivity (Wildman–Crippen MR) is 67.6 cm³/mol. The summed E-state index contributed by atoms with van der Waals surface area (Å²) in [5, 5.41) is 1.12. The van der Waals surface area contributed by atoms with Crippen molar-refractivity contribution in [1.82, 2.24) is 5.43 Å². The average molecular weight is 287 g/mol. The molecule has 2 unspecified atom stereocenters. The first-order valence-corrected chi connectivity index (χ1v) is 6.51. The standard InChI is InChI=1S/C14H19FN2O.ClH/c1-10-4-3-5-11(2)17(10)16-14(18)12-6-8-13(15)9-7-12;/h6-11H,3-5H2,1-2H3,(H,16,18);1H. The summed E-state index contributed by atoms with van der Waals surface area (Å²) in [7, 11) is 0. The second-order valence-electron chi connectivity index (χ2n) is 5.15. The molecule has 0 spiro atoms. The SMILES string of the molecule is CC1CCCC(C)[NH+]1NC(=O)c1ccc(F)cc1.[Cl-]. The molecule has 1 saturated heterocycles. The van der Waals surface area contributed by atoms with Gasteiger partial charge in [-0.1, -0.05) is 0 Å². The van der Waals surface area contributed by atoms with E-state index >= 15 is 0 Å². The van der Waals surface area contributed by atoms with E-state index in [1.54, 1.807) is 0 Å². The highest BCUT2D eigenvalue weighted by molar-refractivity contribution is 5.93. The van der Waals surface area contributed by atoms with E-state index in [1.165, 1.54) is 30.7 Å². The fraction of sp³-hybridized carbons (Fsp3) is 0.500. The Bertz CT molecular complexity index is 414. The lowest BCUT2D eigenvalue weighted by Crippen LogP contribution is -3.25. The molecule has 1 aliphatic heterocycles. The van der Waals surface area contributed by atoms with Gasteiger partial charge in [-0.2, -0.15) is 5.43 Å². The summed E-state index contributed by atoms with van der Waals surface area (Å²) < 4.78 is 12.8. The van der Waals surface area contributed by atoms with E-state index < -0.39 is 0 Å². The van der Waals surface area contributed by atoms with Crippen molar-refractivity contribution in [2.24, 2.45) is 0 Å². The van der Waals surface area contributed by atoms with Crippen molar-refractivity contribution in [2.45, 2.75) is 45.2 Å². The number of carbonyl (C=O) groups is 1. The number of carbonyl (C=O) groups excluding carboxylic acids is 1. The molecule has 0 radical (unpaired) electrons. The third-order valence-corrected chi connectivity index (χ3v) is 3.70. The Morgan fingerprint density at radius 2 is 1.74 bits per heavy atom. The maximum Gasteiger partial charge on any atom is 0.295 e. The molecule has 0 aliphatic carbocycles. The fourth-order valence-electron chi connectivity index (χ4n) is 2.58. The summed E-state index contributed by atoms with van der Waals surface area (Å²) in [6, 6.07) is 6.52. The fourth-order valence-corrected chi connectivity index (χ4v) is 2.58. The third-order valence-electron chi connectivity index (χ3n) is 3.70. The van der Waals surface area contributed by atoms with Crippen LogP contribution in [0.2, 0.25) is 0 Å². The van der Waals surface area contributed by atoms with E-state index in [1.807, 2.05) is 0 Å². The van der Waals surface area contributed by atoms with Crippen molar-refractivity contribution in [3.8, 4) is 0 Å². The number of hydrogen-bond acceptors (Lipinski definition) is 1. The van der Waals surface area contributed by atoms with Crippen molar-refractivity contribution in [1.29, 1.82) is 0 Å². The zero-order valence-corrected chi connectivity index (χ0v) is 12.0. The zero-order chi connectivity index (χ0) is 13.1. The van der Waals surface area contributed by atoms with Crippen LogP contribution in [-0.2, 0) is 0 Å². The van der Waals surface area contributed by atoms with Gasteiger partial charge < -0.3 is 12.4 Å². The molecule has 19 heavy (non-hydrogen) atoms. The highest BCUT2D eigenvalue weighted by Gasteiger charge is 2.30. The molecule has 2 atom stereocenters. The summed E-state index contributed by atoms with van der Waals surface area (Å²) in [4.78, 5) is 12.1. The molecule has 1 heterocycles. The molecule has 2 rings (SSSR count). The van der Waals surface area contributed by atoms with Crippen LogP contribution in [0.5, 0.6) is 0 Å². The molecule has 1 fully saturated rings. The Balaban J connectivity index is 0.00000180. The lowest BCUT2D eigenvalue weighted by atomic mass is 10.00. The van der Waals surface area contributed by atoms with Gasteiger partial charge in [-0.15, -0.1) is 0 Å². The molecule has 1 amide bonds. The molecule has 5 heteroatoms. The highest BCUT2D eigenvalue weighted by Crippen LogP contribution is 2.07. The van der Waals surface area contributed by atoms with Gasteiger partial charge in [0.1, 0.15) is 17.9 Å². The summed E-state index contributed by atoms with van der Waals surface area (Å²) >= 11 is 0. The van der Waals surface area contributed by atoms with Crippen LogP contribution in [0.25, 0.3) is 0 Å². The first kappa shape index (κ1) is 15.9. The van der Waals surface area contributed by atoms with Gasteiger partial charge in [-0.3, -0.25) is 4.79 Å². The molecule has 1 aromatic carbocycles. The summed E-state index contributed by atoms with van der Waals surface area (Å²) in [5.74, 6) is -0.454. The maximum atomic E-state index is 12.8. The maximum absolute atomic E-state index is 12.8. The monoisotopic (exact) mass is 286 g/mol. The number of hydrogen-bond donors (Lipinski definition) is 2. The minimum absolute atomic E-state index is 0. The number of halogens is 2. The quantitative estimate of drug-likeness (QED) is 0.669. The van der Waals surface area contributed by atoms with Crippen LogP contribution in [0.1, 0.15) is 43.5 Å². The Morgan fingerprint density at radius 1 is 1.21 bits per heavy atom. The Labute approximate surface area is 119 Å². The smallest absolute Gasteiger partial charge is 0.295 e. The molecule has 2 N–H and O–H groups in total. The van der Waals surface area contributed by atoms with E-state index in [9.17, 15) is 9.18 Å². The van der Waals surface area contributed by atoms with Crippen LogP contribution in [0.3, 0.4) is 0 Å². The lowest BCUT2D eigenvalue weighted by molar-refractivity contribution is -0.984. The number of rotatable bonds is 2. The molecule has 0 bridgehead atoms. The molecule has 106 valence electrons. The van der Waals surface area contributed by atoms with Crippen molar-refractivity contribution in [2.75, 3.05) is 0 Å². The number of piperidine rings is 1. The van der Waals surface area contributed by atoms with Crippen molar-refractivity contribution in [3.63, 3.8) is 0 Å². The first-order chi connectivity index (χ1) is 8.58. The number of amides is 1. The van der Waals surface area contributed by atoms with Crippen molar-refractivity contribution in [3.05, 3.63) is 35.6 Å². The van der Waals surface area contributed by atoms with Crippen LogP contribution in [0, 0.1) is 5.82 Å². The van der Waals surface area contributed by atoms with Gasteiger partial charge in [0, 0.05) is 18.4 Å². The normalized spacial score (nSPS) is 26.4. The van der Waals surface area contributed by atoms with E-state index in [4.69, 9.17) is 0 Å². The first-order valence-electron chi connectivity index (χ1n) is 6.51. The molecule has 0 saturated carbocycles. The van der Waals surface area contributed by atoms with Crippen molar-refractivity contribution >= 4 is 5.91 Å². The predicted octanol–water partition coefficient (Wildman–Crippen LogP) is -1.68. The zero-order valence-electron chi connectivity index (χ0n) is 11.2. The van der Waals surface area contributed by atoms with Gasteiger partial charge in [0.2, 0.25) is 0 Å². The second kappa shape index (κ2) is 6.87. The van der Waals surface area contributed by atoms with E-state index in [2.05, 4.69) is 19.3 Å². The summed E-state index contributed by atoms with van der Waals surface area (Å²) in [6.45, 7) is 4.30. The second-order valence-corrected chi connectivity index (χ2v) is 5.15. The Kier molecular flexibility index (Phi) is 5.76. The van der Waals surface area contributed by atoms with Gasteiger partial charge in [0.25, 0.3) is 5.91 Å². The van der Waals surface area contributed by atoms with E-state index in [0.29, 0.717) is 17.6 Å². The largest absolute Gasteiger partial charge is 1.00 e. The minimum atomic E-state index is -0.321. The molecule has 0 aromatic heterocycles. The number of benzene rings is 1. The van der Waals surface area contributed by atoms with Crippen LogP contribution in [0.15, 0.2) is 24.3 Å². The summed E-state index contributed by atoms with van der Waals surface area (Å²) in [5.41, 5.74) is 3.52. The van der Waals surface area contributed by atoms with Crippen molar-refractivity contribution < 1.29 is 26.6 Å². The Morgan fingerprint density at radius 3 is 2.26 bits per heavy atom. The van der Waals surface area contributed by atoms with Gasteiger partial charge in [0.15, 0.2) is 0 Å². The topological polar surface area (TPSA) is 33.5 Å². The molecular formula is C14H20ClFN2O. The van der Waals surface area contributed by atoms with Gasteiger partial charge in [0.05, 0.1) is 0 Å². The summed E-state index contributed by atoms with van der Waals surface area (Å²) in [6.07, 6.45) is 3.48. The third kappa shape index (κ3) is 3.91. The van der Waals surface area contributed by atoms with E-state index in [0.717, 1.165) is 17.9 Å². The number of quaternary nitrogens is 1. The molecular weight excluding hydrogens is 267 g/mol. The van der Waals surface area contributed by atoms with Gasteiger partial charge in [-0.05, 0) is 44.5 Å². The highest BCUT2D eigenvalue weighted by atomic mass is 35.5. The van der Waals surface area contributed by atoms with E-state index in [-0.39, 0.29) is 24.1 Å². The van der Waals surface area contributed by atoms with Gasteiger partial charge in [-0.25, -0.2) is 9.40 Å². The van der Waals surface area contributed by atoms with Crippen LogP contribution >= 0.6 is 0 Å². The molecule has 1 aromatic rings. The Hall–Kier alpha value is -1.13.